The zero-order chi connectivity index (χ0) is 10.7. The lowest BCUT2D eigenvalue weighted by Crippen LogP contribution is -2.43. The first kappa shape index (κ1) is 10.7. The number of rotatable bonds is 4. The fourth-order valence-corrected chi connectivity index (χ4v) is 2.49. The molecule has 2 fully saturated rings. The number of amides is 1. The molecule has 0 aromatic heterocycles. The number of hydrogen-bond donors (Lipinski definition) is 2. The van der Waals surface area contributed by atoms with Crippen LogP contribution in [0.15, 0.2) is 0 Å². The van der Waals surface area contributed by atoms with Gasteiger partial charge in [0.05, 0.1) is 6.61 Å². The normalized spacial score (nSPS) is 33.0. The number of carbonyl (C=O) groups excluding carboxylic acids is 1. The predicted octanol–water partition coefficient (Wildman–Crippen LogP) is 1.41. The molecule has 2 saturated heterocycles. The zero-order valence-electron chi connectivity index (χ0n) is 9.29. The SMILES string of the molecule is CCCCOC(=O)N[C@H]1C[C@H]2CC[C@@H]1N2. The summed E-state index contributed by atoms with van der Waals surface area (Å²) in [6.45, 7) is 2.62. The van der Waals surface area contributed by atoms with Gasteiger partial charge in [-0.25, -0.2) is 4.79 Å². The van der Waals surface area contributed by atoms with Crippen molar-refractivity contribution < 1.29 is 9.53 Å². The van der Waals surface area contributed by atoms with E-state index in [2.05, 4.69) is 17.6 Å². The zero-order valence-corrected chi connectivity index (χ0v) is 9.29. The summed E-state index contributed by atoms with van der Waals surface area (Å²) >= 11 is 0. The van der Waals surface area contributed by atoms with E-state index in [9.17, 15) is 4.79 Å². The van der Waals surface area contributed by atoms with E-state index in [0.29, 0.717) is 18.7 Å². The van der Waals surface area contributed by atoms with Gasteiger partial charge >= 0.3 is 6.09 Å². The van der Waals surface area contributed by atoms with E-state index in [1.54, 1.807) is 0 Å². The van der Waals surface area contributed by atoms with Crippen LogP contribution in [0.1, 0.15) is 39.0 Å². The second-order valence-corrected chi connectivity index (χ2v) is 4.52. The molecule has 3 atom stereocenters. The van der Waals surface area contributed by atoms with Crippen molar-refractivity contribution in [3.05, 3.63) is 0 Å². The van der Waals surface area contributed by atoms with Gasteiger partial charge in [-0.3, -0.25) is 0 Å². The molecule has 0 aromatic rings. The average Bonchev–Trinajstić information content (AvgIpc) is 2.79. The highest BCUT2D eigenvalue weighted by molar-refractivity contribution is 5.67. The lowest BCUT2D eigenvalue weighted by Gasteiger charge is -2.20. The van der Waals surface area contributed by atoms with Crippen LogP contribution in [0.2, 0.25) is 0 Å². The molecule has 2 heterocycles. The first-order chi connectivity index (χ1) is 7.29. The molecule has 0 spiro atoms. The number of nitrogens with one attached hydrogen (secondary N) is 2. The van der Waals surface area contributed by atoms with Gasteiger partial charge in [-0.15, -0.1) is 0 Å². The molecular weight excluding hydrogens is 192 g/mol. The van der Waals surface area contributed by atoms with E-state index >= 15 is 0 Å². The Kier molecular flexibility index (Phi) is 3.46. The number of unbranched alkanes of at least 4 members (excludes halogenated alkanes) is 1. The van der Waals surface area contributed by atoms with Crippen molar-refractivity contribution in [2.75, 3.05) is 6.61 Å². The molecule has 0 saturated carbocycles. The lowest BCUT2D eigenvalue weighted by molar-refractivity contribution is 0.139. The van der Waals surface area contributed by atoms with E-state index < -0.39 is 0 Å². The van der Waals surface area contributed by atoms with Crippen molar-refractivity contribution in [3.63, 3.8) is 0 Å². The van der Waals surface area contributed by atoms with Crippen LogP contribution < -0.4 is 10.6 Å². The summed E-state index contributed by atoms with van der Waals surface area (Å²) in [4.78, 5) is 11.4. The van der Waals surface area contributed by atoms with Crippen molar-refractivity contribution in [1.82, 2.24) is 10.6 Å². The molecule has 1 amide bonds. The minimum absolute atomic E-state index is 0.247. The first-order valence-electron chi connectivity index (χ1n) is 5.99. The van der Waals surface area contributed by atoms with E-state index in [-0.39, 0.29) is 12.1 Å². The molecule has 2 bridgehead atoms. The van der Waals surface area contributed by atoms with Gasteiger partial charge in [-0.1, -0.05) is 13.3 Å². The highest BCUT2D eigenvalue weighted by Crippen LogP contribution is 2.28. The van der Waals surface area contributed by atoms with Crippen molar-refractivity contribution in [3.8, 4) is 0 Å². The van der Waals surface area contributed by atoms with Crippen LogP contribution in [0, 0.1) is 0 Å². The maximum absolute atomic E-state index is 11.4. The second-order valence-electron chi connectivity index (χ2n) is 4.52. The average molecular weight is 212 g/mol. The number of ether oxygens (including phenoxy) is 1. The van der Waals surface area contributed by atoms with Gasteiger partial charge in [0.25, 0.3) is 0 Å². The van der Waals surface area contributed by atoms with E-state index in [1.165, 1.54) is 12.8 Å². The Bertz CT molecular complexity index is 233. The third-order valence-electron chi connectivity index (χ3n) is 3.33. The van der Waals surface area contributed by atoms with Crippen LogP contribution in [0.25, 0.3) is 0 Å². The number of fused-ring (bicyclic) bond motifs is 2. The smallest absolute Gasteiger partial charge is 0.407 e. The molecule has 0 radical (unpaired) electrons. The van der Waals surface area contributed by atoms with Crippen LogP contribution in [-0.4, -0.2) is 30.8 Å². The topological polar surface area (TPSA) is 50.4 Å². The van der Waals surface area contributed by atoms with Gasteiger partial charge < -0.3 is 15.4 Å². The van der Waals surface area contributed by atoms with Crippen molar-refractivity contribution in [1.29, 1.82) is 0 Å². The second kappa shape index (κ2) is 4.84. The highest BCUT2D eigenvalue weighted by atomic mass is 16.5. The molecule has 86 valence electrons. The third-order valence-corrected chi connectivity index (χ3v) is 3.33. The highest BCUT2D eigenvalue weighted by Gasteiger charge is 2.39. The number of alkyl carbamates (subject to hydrolysis) is 1. The summed E-state index contributed by atoms with van der Waals surface area (Å²) in [6, 6.07) is 1.39. The molecule has 15 heavy (non-hydrogen) atoms. The Morgan fingerprint density at radius 1 is 1.53 bits per heavy atom. The van der Waals surface area contributed by atoms with Crippen LogP contribution in [0.5, 0.6) is 0 Å². The van der Waals surface area contributed by atoms with E-state index in [1.807, 2.05) is 0 Å². The molecule has 2 N–H and O–H groups in total. The Hall–Kier alpha value is -0.770. The Morgan fingerprint density at radius 2 is 2.40 bits per heavy atom. The summed E-state index contributed by atoms with van der Waals surface area (Å²) < 4.78 is 5.07. The predicted molar refractivity (Wildman–Crippen MR) is 57.7 cm³/mol. The van der Waals surface area contributed by atoms with E-state index in [4.69, 9.17) is 4.74 Å². The summed E-state index contributed by atoms with van der Waals surface area (Å²) in [5.74, 6) is 0. The monoisotopic (exact) mass is 212 g/mol. The number of hydrogen-bond acceptors (Lipinski definition) is 3. The van der Waals surface area contributed by atoms with Crippen LogP contribution in [0.4, 0.5) is 4.79 Å². The first-order valence-corrected chi connectivity index (χ1v) is 5.99. The maximum Gasteiger partial charge on any atom is 0.407 e. The fourth-order valence-electron chi connectivity index (χ4n) is 2.49. The Balaban J connectivity index is 1.66. The standard InChI is InChI=1S/C11H20N2O2/c1-2-3-6-15-11(14)13-10-7-8-4-5-9(10)12-8/h8-10,12H,2-7H2,1H3,(H,13,14)/t8-,9+,10+/m1/s1. The summed E-state index contributed by atoms with van der Waals surface area (Å²) in [5.41, 5.74) is 0. The van der Waals surface area contributed by atoms with Gasteiger partial charge in [0.15, 0.2) is 0 Å². The van der Waals surface area contributed by atoms with Gasteiger partial charge in [0, 0.05) is 18.1 Å². The minimum Gasteiger partial charge on any atom is -0.450 e. The van der Waals surface area contributed by atoms with Crippen molar-refractivity contribution >= 4 is 6.09 Å². The summed E-state index contributed by atoms with van der Waals surface area (Å²) in [7, 11) is 0. The molecule has 2 rings (SSSR count). The Labute approximate surface area is 90.8 Å². The maximum atomic E-state index is 11.4. The van der Waals surface area contributed by atoms with Crippen LogP contribution in [-0.2, 0) is 4.74 Å². The van der Waals surface area contributed by atoms with Crippen molar-refractivity contribution in [2.24, 2.45) is 0 Å². The van der Waals surface area contributed by atoms with E-state index in [0.717, 1.165) is 19.3 Å². The summed E-state index contributed by atoms with van der Waals surface area (Å²) in [6.07, 6.45) is 5.26. The Morgan fingerprint density at radius 3 is 3.00 bits per heavy atom. The molecule has 2 aliphatic rings. The molecule has 4 heteroatoms. The summed E-state index contributed by atoms with van der Waals surface area (Å²) in [5, 5.41) is 6.43. The molecule has 0 unspecified atom stereocenters. The quantitative estimate of drug-likeness (QED) is 0.693. The molecule has 4 nitrogen and oxygen atoms in total. The largest absolute Gasteiger partial charge is 0.450 e. The number of carbonyl (C=O) groups is 1. The molecule has 0 aromatic carbocycles. The van der Waals surface area contributed by atoms with Crippen molar-refractivity contribution in [2.45, 2.75) is 57.2 Å². The third kappa shape index (κ3) is 2.62. The van der Waals surface area contributed by atoms with Gasteiger partial charge in [-0.05, 0) is 25.7 Å². The molecular formula is C11H20N2O2. The van der Waals surface area contributed by atoms with Crippen LogP contribution in [0.3, 0.4) is 0 Å². The minimum atomic E-state index is -0.247. The van der Waals surface area contributed by atoms with Crippen LogP contribution >= 0.6 is 0 Å². The lowest BCUT2D eigenvalue weighted by atomic mass is 9.96. The van der Waals surface area contributed by atoms with Gasteiger partial charge in [-0.2, -0.15) is 0 Å². The molecule has 2 aliphatic heterocycles. The fraction of sp³-hybridized carbons (Fsp3) is 0.909. The van der Waals surface area contributed by atoms with Gasteiger partial charge in [0.1, 0.15) is 0 Å². The molecule has 0 aliphatic carbocycles. The van der Waals surface area contributed by atoms with Gasteiger partial charge in [0.2, 0.25) is 0 Å².